The maximum absolute atomic E-state index is 15.2. The van der Waals surface area contributed by atoms with Crippen molar-refractivity contribution >= 4 is 28.5 Å². The first-order valence-corrected chi connectivity index (χ1v) is 16.5. The van der Waals surface area contributed by atoms with Crippen LogP contribution in [-0.4, -0.2) is 51.4 Å². The van der Waals surface area contributed by atoms with Crippen LogP contribution < -0.4 is 17.2 Å². The lowest BCUT2D eigenvalue weighted by molar-refractivity contribution is 0.230. The molecule has 45 heavy (non-hydrogen) atoms. The van der Waals surface area contributed by atoms with Crippen LogP contribution in [0, 0.1) is 11.7 Å². The van der Waals surface area contributed by atoms with Crippen molar-refractivity contribution < 1.29 is 4.39 Å². The van der Waals surface area contributed by atoms with Crippen LogP contribution in [0.1, 0.15) is 76.0 Å². The van der Waals surface area contributed by atoms with Crippen LogP contribution in [-0.2, 0) is 6.42 Å². The van der Waals surface area contributed by atoms with Crippen molar-refractivity contribution in [1.82, 2.24) is 19.4 Å². The van der Waals surface area contributed by atoms with E-state index < -0.39 is 11.5 Å². The number of hydrogen-bond acceptors (Lipinski definition) is 5. The molecule has 0 spiro atoms. The molecule has 2 aromatic carbocycles. The molecule has 1 fully saturated rings. The number of nitrogens with one attached hydrogen (secondary N) is 1. The van der Waals surface area contributed by atoms with Crippen LogP contribution in [0.3, 0.4) is 0 Å². The lowest BCUT2D eigenvalue weighted by atomic mass is 10.00. The van der Waals surface area contributed by atoms with E-state index in [4.69, 9.17) is 23.1 Å². The Morgan fingerprint density at radius 2 is 1.96 bits per heavy atom. The molecule has 1 aliphatic rings. The number of aryl methyl sites for hydroxylation is 1. The number of aromatic amines is 1. The van der Waals surface area contributed by atoms with Gasteiger partial charge in [0.05, 0.1) is 22.2 Å². The van der Waals surface area contributed by atoms with Gasteiger partial charge in [-0.25, -0.2) is 9.18 Å². The van der Waals surface area contributed by atoms with E-state index in [2.05, 4.69) is 46.0 Å². The number of aromatic nitrogens is 3. The van der Waals surface area contributed by atoms with Gasteiger partial charge >= 0.3 is 5.69 Å². The summed E-state index contributed by atoms with van der Waals surface area (Å²) in [5.41, 5.74) is 15.7. The van der Waals surface area contributed by atoms with E-state index in [1.165, 1.54) is 23.0 Å². The van der Waals surface area contributed by atoms with Gasteiger partial charge in [0, 0.05) is 42.3 Å². The summed E-state index contributed by atoms with van der Waals surface area (Å²) >= 11 is 6.32. The highest BCUT2D eigenvalue weighted by Gasteiger charge is 2.27. The summed E-state index contributed by atoms with van der Waals surface area (Å²) in [6, 6.07) is 13.9. The number of aliphatic imine (C=N–C) groups is 1. The molecule has 5 rings (SSSR count). The number of benzene rings is 2. The van der Waals surface area contributed by atoms with Gasteiger partial charge < -0.3 is 16.5 Å². The Bertz CT molecular complexity index is 1690. The van der Waals surface area contributed by atoms with Crippen molar-refractivity contribution in [1.29, 1.82) is 0 Å². The topological polar surface area (TPSA) is 118 Å². The summed E-state index contributed by atoms with van der Waals surface area (Å²) < 4.78 is 16.8. The van der Waals surface area contributed by atoms with Gasteiger partial charge in [-0.2, -0.15) is 4.98 Å². The SMILES string of the molecule is CCCC(c1ccc(-n2cc3cc(-c4cc(CCCC(N)C5CC5)cc(Cl)c4F)[nH]c3nc2=O)cc1)N(C)CCCN=C(C)N. The molecular formula is C35H45ClFN7O. The highest BCUT2D eigenvalue weighted by atomic mass is 35.5. The van der Waals surface area contributed by atoms with Crippen LogP contribution in [0.25, 0.3) is 28.0 Å². The number of fused-ring (bicyclic) bond motifs is 1. The third-order valence-corrected chi connectivity index (χ3v) is 9.07. The number of rotatable bonds is 15. The molecule has 2 heterocycles. The van der Waals surface area contributed by atoms with E-state index in [-0.39, 0.29) is 17.1 Å². The van der Waals surface area contributed by atoms with Gasteiger partial charge in [0.1, 0.15) is 5.65 Å². The summed E-state index contributed by atoms with van der Waals surface area (Å²) in [4.78, 5) is 27.2. The van der Waals surface area contributed by atoms with Gasteiger partial charge in [-0.15, -0.1) is 0 Å². The third kappa shape index (κ3) is 8.20. The molecule has 0 saturated heterocycles. The molecule has 8 nitrogen and oxygen atoms in total. The second kappa shape index (κ2) is 14.7. The molecule has 0 amide bonds. The summed E-state index contributed by atoms with van der Waals surface area (Å²) in [5.74, 6) is 0.768. The third-order valence-electron chi connectivity index (χ3n) is 8.80. The summed E-state index contributed by atoms with van der Waals surface area (Å²) in [6.45, 7) is 5.61. The Labute approximate surface area is 269 Å². The standard InChI is InChI=1S/C35H45ClFN7O/c1-4-7-32(43(3)17-6-16-40-22(2)38)25-12-14-27(15-13-25)44-21-26-20-31(41-34(26)42-35(44)45)28-18-23(19-29(36)33(28)37)8-5-9-30(39)24-10-11-24/h12-15,18-21,24,30,32H,4-11,16-17,39H2,1-3H3,(H2,38,40)(H,41,42,45). The zero-order valence-corrected chi connectivity index (χ0v) is 27.3. The Morgan fingerprint density at radius 3 is 2.64 bits per heavy atom. The van der Waals surface area contributed by atoms with Crippen molar-refractivity contribution in [3.8, 4) is 16.9 Å². The predicted molar refractivity (Wildman–Crippen MR) is 183 cm³/mol. The summed E-state index contributed by atoms with van der Waals surface area (Å²) in [7, 11) is 2.13. The molecule has 2 atom stereocenters. The maximum Gasteiger partial charge on any atom is 0.354 e. The van der Waals surface area contributed by atoms with Crippen molar-refractivity contribution in [3.05, 3.63) is 81.1 Å². The lowest BCUT2D eigenvalue weighted by Crippen LogP contribution is -2.26. The minimum Gasteiger partial charge on any atom is -0.388 e. The molecule has 0 bridgehead atoms. The van der Waals surface area contributed by atoms with E-state index >= 15 is 4.39 Å². The van der Waals surface area contributed by atoms with Crippen LogP contribution in [0.5, 0.6) is 0 Å². The molecule has 1 saturated carbocycles. The van der Waals surface area contributed by atoms with E-state index in [9.17, 15) is 4.79 Å². The van der Waals surface area contributed by atoms with Crippen LogP contribution in [0.2, 0.25) is 5.02 Å². The summed E-state index contributed by atoms with van der Waals surface area (Å²) in [6.07, 6.45) is 9.83. The molecule has 2 aromatic heterocycles. The smallest absolute Gasteiger partial charge is 0.354 e. The Hall–Kier alpha value is -3.53. The van der Waals surface area contributed by atoms with Crippen molar-refractivity contribution in [2.45, 2.75) is 77.3 Å². The predicted octanol–water partition coefficient (Wildman–Crippen LogP) is 6.77. The zero-order chi connectivity index (χ0) is 32.1. The summed E-state index contributed by atoms with van der Waals surface area (Å²) in [5, 5.41) is 0.774. The number of hydrogen-bond donors (Lipinski definition) is 3. The average molecular weight is 634 g/mol. The van der Waals surface area contributed by atoms with E-state index in [1.54, 1.807) is 12.3 Å². The zero-order valence-electron chi connectivity index (χ0n) is 26.5. The van der Waals surface area contributed by atoms with Gasteiger partial charge in [-0.1, -0.05) is 37.1 Å². The van der Waals surface area contributed by atoms with E-state index in [0.717, 1.165) is 50.6 Å². The van der Waals surface area contributed by atoms with Crippen LogP contribution in [0.15, 0.2) is 58.4 Å². The quantitative estimate of drug-likeness (QED) is 0.0758. The van der Waals surface area contributed by atoms with Crippen molar-refractivity contribution in [2.24, 2.45) is 22.4 Å². The minimum atomic E-state index is -0.499. The van der Waals surface area contributed by atoms with Gasteiger partial charge in [-0.05, 0) is 106 Å². The van der Waals surface area contributed by atoms with E-state index in [0.29, 0.717) is 46.3 Å². The van der Waals surface area contributed by atoms with Gasteiger partial charge in [0.15, 0.2) is 5.82 Å². The lowest BCUT2D eigenvalue weighted by Gasteiger charge is -2.28. The molecule has 0 aliphatic heterocycles. The molecular weight excluding hydrogens is 589 g/mol. The average Bonchev–Trinajstić information content (AvgIpc) is 3.79. The van der Waals surface area contributed by atoms with Crippen LogP contribution in [0.4, 0.5) is 4.39 Å². The minimum absolute atomic E-state index is 0.0754. The number of H-pyrrole nitrogens is 1. The molecule has 2 unspecified atom stereocenters. The van der Waals surface area contributed by atoms with E-state index in [1.807, 2.05) is 31.2 Å². The second-order valence-electron chi connectivity index (χ2n) is 12.5. The monoisotopic (exact) mass is 633 g/mol. The first-order chi connectivity index (χ1) is 21.6. The Kier molecular flexibility index (Phi) is 10.7. The number of nitrogens with zero attached hydrogens (tertiary/aromatic N) is 4. The van der Waals surface area contributed by atoms with Gasteiger partial charge in [-0.3, -0.25) is 14.5 Å². The Balaban J connectivity index is 1.34. The largest absolute Gasteiger partial charge is 0.388 e. The van der Waals surface area contributed by atoms with Gasteiger partial charge in [0.2, 0.25) is 0 Å². The maximum atomic E-state index is 15.2. The highest BCUT2D eigenvalue weighted by molar-refractivity contribution is 6.31. The molecule has 4 aromatic rings. The first-order valence-electron chi connectivity index (χ1n) is 16.1. The van der Waals surface area contributed by atoms with Crippen LogP contribution >= 0.6 is 11.6 Å². The number of nitrogens with two attached hydrogens (primary N) is 2. The number of amidine groups is 1. The van der Waals surface area contributed by atoms with Gasteiger partial charge in [0.25, 0.3) is 0 Å². The fourth-order valence-electron chi connectivity index (χ4n) is 6.12. The molecule has 10 heteroatoms. The highest BCUT2D eigenvalue weighted by Crippen LogP contribution is 2.34. The normalized spacial score (nSPS) is 15.2. The molecule has 5 N–H and O–H groups in total. The first kappa shape index (κ1) is 32.9. The molecule has 1 aliphatic carbocycles. The fourth-order valence-corrected chi connectivity index (χ4v) is 6.36. The van der Waals surface area contributed by atoms with Crippen molar-refractivity contribution in [2.75, 3.05) is 20.1 Å². The molecule has 240 valence electrons. The number of halogens is 2. The second-order valence-corrected chi connectivity index (χ2v) is 12.9. The fraction of sp³-hybridized carbons (Fsp3) is 0.457. The molecule has 0 radical (unpaired) electrons. The Morgan fingerprint density at radius 1 is 1.20 bits per heavy atom. The van der Waals surface area contributed by atoms with Crippen molar-refractivity contribution in [3.63, 3.8) is 0 Å².